The Labute approximate surface area is 117 Å². The van der Waals surface area contributed by atoms with Crippen molar-refractivity contribution in [3.05, 3.63) is 16.1 Å². The van der Waals surface area contributed by atoms with E-state index in [2.05, 4.69) is 10.3 Å². The lowest BCUT2D eigenvalue weighted by molar-refractivity contribution is 0.137. The Balaban J connectivity index is 1.67. The molecule has 6 heteroatoms. The number of nitrogens with one attached hydrogen (secondary N) is 1. The van der Waals surface area contributed by atoms with Gasteiger partial charge in [0, 0.05) is 38.0 Å². The van der Waals surface area contributed by atoms with Gasteiger partial charge in [-0.25, -0.2) is 9.78 Å². The summed E-state index contributed by atoms with van der Waals surface area (Å²) in [5.74, 6) is 0.363. The van der Waals surface area contributed by atoms with Crippen LogP contribution in [0.15, 0.2) is 5.38 Å². The van der Waals surface area contributed by atoms with E-state index in [4.69, 9.17) is 5.11 Å². The quantitative estimate of drug-likeness (QED) is 0.878. The van der Waals surface area contributed by atoms with E-state index in [0.29, 0.717) is 12.5 Å². The summed E-state index contributed by atoms with van der Waals surface area (Å²) in [5, 5.41) is 15.1. The number of nitrogens with zero attached hydrogens (tertiary/aromatic N) is 2. The summed E-state index contributed by atoms with van der Waals surface area (Å²) >= 11 is 1.64. The van der Waals surface area contributed by atoms with Crippen LogP contribution in [0.3, 0.4) is 0 Å². The van der Waals surface area contributed by atoms with E-state index in [0.717, 1.165) is 43.1 Å². The molecule has 0 atom stereocenters. The van der Waals surface area contributed by atoms with E-state index < -0.39 is 0 Å². The lowest BCUT2D eigenvalue weighted by atomic mass is 9.98. The minimum atomic E-state index is 0.00309. The summed E-state index contributed by atoms with van der Waals surface area (Å²) in [5.41, 5.74) is 1.04. The van der Waals surface area contributed by atoms with E-state index in [-0.39, 0.29) is 12.6 Å². The van der Waals surface area contributed by atoms with Gasteiger partial charge < -0.3 is 15.3 Å². The van der Waals surface area contributed by atoms with Crippen LogP contribution in [-0.2, 0) is 6.42 Å². The number of amides is 2. The molecule has 0 aliphatic carbocycles. The molecule has 1 saturated heterocycles. The van der Waals surface area contributed by atoms with Crippen LogP contribution < -0.4 is 5.32 Å². The normalized spacial score (nSPS) is 16.6. The molecule has 1 aliphatic heterocycles. The SMILES string of the molecule is Cc1nc(CCNC(=O)N2CCC(CO)CC2)cs1. The Hall–Kier alpha value is -1.14. The van der Waals surface area contributed by atoms with Crippen LogP contribution in [0.2, 0.25) is 0 Å². The fourth-order valence-electron chi connectivity index (χ4n) is 2.25. The molecule has 2 amide bonds. The number of hydrogen-bond donors (Lipinski definition) is 2. The van der Waals surface area contributed by atoms with Crippen molar-refractivity contribution in [3.63, 3.8) is 0 Å². The highest BCUT2D eigenvalue weighted by atomic mass is 32.1. The summed E-state index contributed by atoms with van der Waals surface area (Å²) in [6.07, 6.45) is 2.58. The van der Waals surface area contributed by atoms with E-state index in [1.807, 2.05) is 17.2 Å². The van der Waals surface area contributed by atoms with Crippen LogP contribution in [0.4, 0.5) is 4.79 Å². The van der Waals surface area contributed by atoms with Crippen molar-refractivity contribution in [2.75, 3.05) is 26.2 Å². The number of aromatic nitrogens is 1. The number of likely N-dealkylation sites (tertiary alicyclic amines) is 1. The molecule has 1 aromatic heterocycles. The summed E-state index contributed by atoms with van der Waals surface area (Å²) in [4.78, 5) is 18.1. The molecule has 0 saturated carbocycles. The van der Waals surface area contributed by atoms with Crippen LogP contribution >= 0.6 is 11.3 Å². The van der Waals surface area contributed by atoms with Crippen LogP contribution in [0.1, 0.15) is 23.5 Å². The molecule has 106 valence electrons. The first-order valence-electron chi connectivity index (χ1n) is 6.73. The van der Waals surface area contributed by atoms with Crippen molar-refractivity contribution in [1.29, 1.82) is 0 Å². The molecule has 2 heterocycles. The highest BCUT2D eigenvalue weighted by Crippen LogP contribution is 2.16. The molecule has 5 nitrogen and oxygen atoms in total. The largest absolute Gasteiger partial charge is 0.396 e. The maximum absolute atomic E-state index is 11.9. The van der Waals surface area contributed by atoms with Crippen LogP contribution in [0.25, 0.3) is 0 Å². The number of carbonyl (C=O) groups excluding carboxylic acids is 1. The molecular weight excluding hydrogens is 262 g/mol. The molecule has 1 aromatic rings. The van der Waals surface area contributed by atoms with E-state index in [1.165, 1.54) is 0 Å². The minimum absolute atomic E-state index is 0.00309. The Morgan fingerprint density at radius 1 is 1.58 bits per heavy atom. The molecule has 0 aromatic carbocycles. The van der Waals surface area contributed by atoms with Gasteiger partial charge in [0.2, 0.25) is 0 Å². The topological polar surface area (TPSA) is 65.5 Å². The number of hydrogen-bond acceptors (Lipinski definition) is 4. The zero-order valence-electron chi connectivity index (χ0n) is 11.3. The fraction of sp³-hybridized carbons (Fsp3) is 0.692. The molecule has 0 spiro atoms. The van der Waals surface area contributed by atoms with Gasteiger partial charge in [-0.15, -0.1) is 11.3 Å². The van der Waals surface area contributed by atoms with Crippen LogP contribution in [-0.4, -0.2) is 47.3 Å². The molecule has 2 N–H and O–H groups in total. The van der Waals surface area contributed by atoms with E-state index in [9.17, 15) is 4.79 Å². The Morgan fingerprint density at radius 3 is 2.89 bits per heavy atom. The van der Waals surface area contributed by atoms with Crippen molar-refractivity contribution >= 4 is 17.4 Å². The molecule has 0 unspecified atom stereocenters. The fourth-order valence-corrected chi connectivity index (χ4v) is 2.90. The maximum Gasteiger partial charge on any atom is 0.317 e. The number of aliphatic hydroxyl groups excluding tert-OH is 1. The van der Waals surface area contributed by atoms with Gasteiger partial charge in [-0.05, 0) is 25.7 Å². The molecule has 0 bridgehead atoms. The molecule has 1 aliphatic rings. The summed E-state index contributed by atoms with van der Waals surface area (Å²) in [6.45, 7) is 4.33. The number of carbonyl (C=O) groups is 1. The number of urea groups is 1. The average Bonchev–Trinajstić information content (AvgIpc) is 2.84. The Kier molecular flexibility index (Phi) is 5.15. The molecular formula is C13H21N3O2S. The van der Waals surface area contributed by atoms with Gasteiger partial charge in [0.25, 0.3) is 0 Å². The van der Waals surface area contributed by atoms with Crippen molar-refractivity contribution < 1.29 is 9.90 Å². The molecule has 1 fully saturated rings. The first-order chi connectivity index (χ1) is 9.19. The highest BCUT2D eigenvalue weighted by Gasteiger charge is 2.21. The second-order valence-electron chi connectivity index (χ2n) is 4.95. The first kappa shape index (κ1) is 14.3. The lowest BCUT2D eigenvalue weighted by Crippen LogP contribution is -2.45. The number of aryl methyl sites for hydroxylation is 1. The summed E-state index contributed by atoms with van der Waals surface area (Å²) in [6, 6.07) is 0.00309. The van der Waals surface area contributed by atoms with Crippen molar-refractivity contribution in [1.82, 2.24) is 15.2 Å². The minimum Gasteiger partial charge on any atom is -0.396 e. The number of rotatable bonds is 4. The van der Waals surface area contributed by atoms with Gasteiger partial charge in [-0.2, -0.15) is 0 Å². The zero-order chi connectivity index (χ0) is 13.7. The first-order valence-corrected chi connectivity index (χ1v) is 7.61. The maximum atomic E-state index is 11.9. The molecule has 0 radical (unpaired) electrons. The molecule has 2 rings (SSSR count). The lowest BCUT2D eigenvalue weighted by Gasteiger charge is -2.31. The van der Waals surface area contributed by atoms with Gasteiger partial charge in [0.15, 0.2) is 0 Å². The molecule has 19 heavy (non-hydrogen) atoms. The van der Waals surface area contributed by atoms with Crippen molar-refractivity contribution in [3.8, 4) is 0 Å². The van der Waals surface area contributed by atoms with Gasteiger partial charge in [0.05, 0.1) is 10.7 Å². The van der Waals surface area contributed by atoms with Gasteiger partial charge >= 0.3 is 6.03 Å². The third-order valence-corrected chi connectivity index (χ3v) is 4.31. The van der Waals surface area contributed by atoms with Gasteiger partial charge in [0.1, 0.15) is 0 Å². The summed E-state index contributed by atoms with van der Waals surface area (Å²) < 4.78 is 0. The van der Waals surface area contributed by atoms with Crippen LogP contribution in [0, 0.1) is 12.8 Å². The second-order valence-corrected chi connectivity index (χ2v) is 6.02. The second kappa shape index (κ2) is 6.86. The monoisotopic (exact) mass is 283 g/mol. The predicted octanol–water partition coefficient (Wildman–Crippen LogP) is 1.41. The smallest absolute Gasteiger partial charge is 0.317 e. The van der Waals surface area contributed by atoms with Gasteiger partial charge in [-0.1, -0.05) is 0 Å². The zero-order valence-corrected chi connectivity index (χ0v) is 12.1. The predicted molar refractivity (Wildman–Crippen MR) is 75.3 cm³/mol. The summed E-state index contributed by atoms with van der Waals surface area (Å²) in [7, 11) is 0. The number of thiazole rings is 1. The number of aliphatic hydroxyl groups is 1. The Morgan fingerprint density at radius 2 is 2.32 bits per heavy atom. The third-order valence-electron chi connectivity index (χ3n) is 3.48. The van der Waals surface area contributed by atoms with E-state index >= 15 is 0 Å². The van der Waals surface area contributed by atoms with Gasteiger partial charge in [-0.3, -0.25) is 0 Å². The standard InChI is InChI=1S/C13H21N3O2S/c1-10-15-12(9-19-10)2-5-14-13(18)16-6-3-11(8-17)4-7-16/h9,11,17H,2-8H2,1H3,(H,14,18). The highest BCUT2D eigenvalue weighted by molar-refractivity contribution is 7.09. The average molecular weight is 283 g/mol. The van der Waals surface area contributed by atoms with E-state index in [1.54, 1.807) is 11.3 Å². The van der Waals surface area contributed by atoms with Crippen molar-refractivity contribution in [2.45, 2.75) is 26.2 Å². The Bertz CT molecular complexity index is 414. The third kappa shape index (κ3) is 4.18. The van der Waals surface area contributed by atoms with Crippen molar-refractivity contribution in [2.24, 2.45) is 5.92 Å². The van der Waals surface area contributed by atoms with Crippen LogP contribution in [0.5, 0.6) is 0 Å². The number of piperidine rings is 1.